The fourth-order valence-electron chi connectivity index (χ4n) is 3.41. The van der Waals surface area contributed by atoms with Gasteiger partial charge in [0, 0.05) is 5.57 Å². The first kappa shape index (κ1) is 23.9. The van der Waals surface area contributed by atoms with E-state index in [0.717, 1.165) is 18.1 Å². The topological polar surface area (TPSA) is 52.6 Å². The second-order valence-corrected chi connectivity index (χ2v) is 12.3. The largest absolute Gasteiger partial charge is 0.516 e. The molecule has 0 aliphatic heterocycles. The molecule has 25 heavy (non-hydrogen) atoms. The maximum atomic E-state index is 12.8. The lowest BCUT2D eigenvalue weighted by molar-refractivity contribution is -0.160. The average molecular weight is 371 g/mol. The molecule has 0 fully saturated rings. The molecule has 0 aliphatic rings. The van der Waals surface area contributed by atoms with Gasteiger partial charge in [-0.3, -0.25) is 0 Å². The van der Waals surface area contributed by atoms with Crippen molar-refractivity contribution in [3.05, 3.63) is 12.2 Å². The molecule has 0 aromatic carbocycles. The third-order valence-corrected chi connectivity index (χ3v) is 9.21. The van der Waals surface area contributed by atoms with Crippen molar-refractivity contribution in [1.29, 1.82) is 0 Å². The summed E-state index contributed by atoms with van der Waals surface area (Å²) in [6, 6.07) is 2.83. The lowest BCUT2D eigenvalue weighted by Gasteiger charge is -2.36. The minimum absolute atomic E-state index is 0.293. The van der Waals surface area contributed by atoms with Crippen LogP contribution in [0.5, 0.6) is 0 Å². The van der Waals surface area contributed by atoms with E-state index in [4.69, 9.17) is 9.16 Å². The summed E-state index contributed by atoms with van der Waals surface area (Å²) in [5.41, 5.74) is 0.293. The molecule has 1 atom stereocenters. The molecular formula is C20H38O4Si. The summed E-state index contributed by atoms with van der Waals surface area (Å²) >= 11 is 0. The Morgan fingerprint density at radius 1 is 0.920 bits per heavy atom. The molecule has 0 aliphatic carbocycles. The zero-order chi connectivity index (χ0) is 19.8. The number of carbonyl (C=O) groups excluding carboxylic acids is 2. The van der Waals surface area contributed by atoms with E-state index in [1.807, 2.05) is 6.92 Å². The maximum absolute atomic E-state index is 12.8. The van der Waals surface area contributed by atoms with Crippen LogP contribution >= 0.6 is 0 Å². The third kappa shape index (κ3) is 9.24. The van der Waals surface area contributed by atoms with Crippen LogP contribution in [0.2, 0.25) is 18.1 Å². The van der Waals surface area contributed by atoms with Crippen LogP contribution in [0, 0.1) is 17.8 Å². The normalized spacial score (nSPS) is 13.2. The van der Waals surface area contributed by atoms with E-state index in [0.29, 0.717) is 29.7 Å². The number of carbonyl (C=O) groups is 2. The predicted octanol–water partition coefficient (Wildman–Crippen LogP) is 5.34. The summed E-state index contributed by atoms with van der Waals surface area (Å²) < 4.78 is 11.5. The van der Waals surface area contributed by atoms with E-state index in [9.17, 15) is 9.59 Å². The van der Waals surface area contributed by atoms with Crippen molar-refractivity contribution in [2.75, 3.05) is 0 Å². The van der Waals surface area contributed by atoms with Gasteiger partial charge in [0.25, 0.3) is 8.32 Å². The number of rotatable bonds is 11. The van der Waals surface area contributed by atoms with Crippen LogP contribution in [0.1, 0.15) is 61.8 Å². The summed E-state index contributed by atoms with van der Waals surface area (Å²) in [4.78, 5) is 24.6. The molecule has 0 amide bonds. The molecule has 4 nitrogen and oxygen atoms in total. The molecule has 0 spiro atoms. The first-order chi connectivity index (χ1) is 11.4. The zero-order valence-corrected chi connectivity index (χ0v) is 18.5. The quantitative estimate of drug-likeness (QED) is 0.280. The number of hydrogen-bond donors (Lipinski definition) is 0. The van der Waals surface area contributed by atoms with Crippen molar-refractivity contribution < 1.29 is 18.8 Å². The zero-order valence-electron chi connectivity index (χ0n) is 17.5. The van der Waals surface area contributed by atoms with Crippen molar-refractivity contribution in [1.82, 2.24) is 0 Å². The Balaban J connectivity index is 5.44. The minimum atomic E-state index is -2.27. The second-order valence-electron chi connectivity index (χ2n) is 8.48. The summed E-state index contributed by atoms with van der Waals surface area (Å²) in [7, 11) is -2.27. The van der Waals surface area contributed by atoms with Gasteiger partial charge < -0.3 is 9.16 Å². The van der Waals surface area contributed by atoms with Crippen LogP contribution in [0.15, 0.2) is 12.2 Å². The van der Waals surface area contributed by atoms with Gasteiger partial charge >= 0.3 is 11.9 Å². The van der Waals surface area contributed by atoms with Crippen LogP contribution in [-0.4, -0.2) is 26.4 Å². The van der Waals surface area contributed by atoms with Gasteiger partial charge in [0.15, 0.2) is 6.10 Å². The molecule has 0 radical (unpaired) electrons. The van der Waals surface area contributed by atoms with Gasteiger partial charge in [-0.15, -0.1) is 0 Å². The van der Waals surface area contributed by atoms with E-state index in [2.05, 4.69) is 48.1 Å². The standard InChI is InChI=1S/C20H38O4Si/c1-10-18(23-19(21)17(8)9)20(22)24-25(11-14(2)3,12-15(4)5)13-16(6)7/h14-16,18H,8,10-13H2,1-7,9H3. The van der Waals surface area contributed by atoms with Gasteiger partial charge in [0.05, 0.1) is 0 Å². The molecule has 1 unspecified atom stereocenters. The molecule has 0 heterocycles. The molecule has 146 valence electrons. The van der Waals surface area contributed by atoms with Crippen molar-refractivity contribution in [2.24, 2.45) is 17.8 Å². The van der Waals surface area contributed by atoms with E-state index < -0.39 is 20.4 Å². The van der Waals surface area contributed by atoms with E-state index in [1.165, 1.54) is 0 Å². The number of ether oxygens (including phenoxy) is 1. The lowest BCUT2D eigenvalue weighted by Crippen LogP contribution is -2.46. The van der Waals surface area contributed by atoms with Crippen LogP contribution in [-0.2, 0) is 18.8 Å². The van der Waals surface area contributed by atoms with Gasteiger partial charge in [-0.25, -0.2) is 9.59 Å². The highest BCUT2D eigenvalue weighted by atomic mass is 28.4. The molecule has 0 aromatic rings. The number of esters is 1. The van der Waals surface area contributed by atoms with Crippen molar-refractivity contribution in [3.63, 3.8) is 0 Å². The second kappa shape index (κ2) is 10.8. The van der Waals surface area contributed by atoms with Gasteiger partial charge in [-0.1, -0.05) is 55.0 Å². The highest BCUT2D eigenvalue weighted by molar-refractivity contribution is 6.75. The Labute approximate surface area is 155 Å². The first-order valence-electron chi connectivity index (χ1n) is 9.51. The molecule has 0 bridgehead atoms. The molecular weight excluding hydrogens is 332 g/mol. The van der Waals surface area contributed by atoms with E-state index in [1.54, 1.807) is 6.92 Å². The Bertz CT molecular complexity index is 428. The van der Waals surface area contributed by atoms with Gasteiger partial charge in [0.2, 0.25) is 0 Å². The highest BCUT2D eigenvalue weighted by Crippen LogP contribution is 2.33. The molecule has 0 aromatic heterocycles. The fourth-order valence-corrected chi connectivity index (χ4v) is 9.19. The molecule has 0 N–H and O–H groups in total. The van der Waals surface area contributed by atoms with Gasteiger partial charge in [0.1, 0.15) is 0 Å². The number of hydrogen-bond acceptors (Lipinski definition) is 4. The SMILES string of the molecule is C=C(C)C(=O)OC(CC)C(=O)O[Si](CC(C)C)(CC(C)C)CC(C)C. The van der Waals surface area contributed by atoms with Crippen LogP contribution in [0.3, 0.4) is 0 Å². The Kier molecular flexibility index (Phi) is 10.3. The van der Waals surface area contributed by atoms with Crippen molar-refractivity contribution >= 4 is 20.3 Å². The first-order valence-corrected chi connectivity index (χ1v) is 12.0. The third-order valence-electron chi connectivity index (χ3n) is 3.89. The van der Waals surface area contributed by atoms with Gasteiger partial charge in [-0.2, -0.15) is 0 Å². The van der Waals surface area contributed by atoms with Gasteiger partial charge in [-0.05, 0) is 49.2 Å². The smallest absolute Gasteiger partial charge is 0.334 e. The Hall–Kier alpha value is -1.10. The van der Waals surface area contributed by atoms with Crippen LogP contribution < -0.4 is 0 Å². The van der Waals surface area contributed by atoms with Crippen molar-refractivity contribution in [2.45, 2.75) is 86.0 Å². The average Bonchev–Trinajstić information content (AvgIpc) is 2.40. The Morgan fingerprint density at radius 2 is 1.32 bits per heavy atom. The van der Waals surface area contributed by atoms with E-state index in [-0.39, 0.29) is 5.97 Å². The summed E-state index contributed by atoms with van der Waals surface area (Å²) in [5, 5.41) is 0. The van der Waals surface area contributed by atoms with Crippen molar-refractivity contribution in [3.8, 4) is 0 Å². The maximum Gasteiger partial charge on any atom is 0.334 e. The molecule has 0 rings (SSSR count). The summed E-state index contributed by atoms with van der Waals surface area (Å²) in [6.45, 7) is 20.0. The molecule has 0 saturated carbocycles. The monoisotopic (exact) mass is 370 g/mol. The lowest BCUT2D eigenvalue weighted by atomic mass is 10.2. The summed E-state index contributed by atoms with van der Waals surface area (Å²) in [6.07, 6.45) is -0.435. The minimum Gasteiger partial charge on any atom is -0.516 e. The highest BCUT2D eigenvalue weighted by Gasteiger charge is 2.42. The van der Waals surface area contributed by atoms with E-state index >= 15 is 0 Å². The Morgan fingerprint density at radius 3 is 1.60 bits per heavy atom. The molecule has 5 heteroatoms. The summed E-state index contributed by atoms with van der Waals surface area (Å²) in [5.74, 6) is 0.485. The fraction of sp³-hybridized carbons (Fsp3) is 0.800. The predicted molar refractivity (Wildman–Crippen MR) is 106 cm³/mol. The molecule has 0 saturated heterocycles. The van der Waals surface area contributed by atoms with Crippen LogP contribution in [0.4, 0.5) is 0 Å². The van der Waals surface area contributed by atoms with Crippen LogP contribution in [0.25, 0.3) is 0 Å².